The highest BCUT2D eigenvalue weighted by Gasteiger charge is 2.17. The molecule has 0 fully saturated rings. The van der Waals surface area contributed by atoms with E-state index < -0.39 is 21.7 Å². The number of benzene rings is 1. The molecule has 1 rings (SSSR count). The summed E-state index contributed by atoms with van der Waals surface area (Å²) < 4.78 is 35.8. The van der Waals surface area contributed by atoms with Gasteiger partial charge in [0.25, 0.3) is 0 Å². The summed E-state index contributed by atoms with van der Waals surface area (Å²) in [5.41, 5.74) is 3.11. The molecule has 0 aromatic heterocycles. The van der Waals surface area contributed by atoms with Gasteiger partial charge in [0.1, 0.15) is 15.7 Å². The average Bonchev–Trinajstić information content (AvgIpc) is 2.23. The summed E-state index contributed by atoms with van der Waals surface area (Å²) in [6.07, 6.45) is 1.44. The molecule has 0 spiro atoms. The Hall–Kier alpha value is -0.500. The van der Waals surface area contributed by atoms with Crippen LogP contribution in [0.4, 0.5) is 4.39 Å². The van der Waals surface area contributed by atoms with Gasteiger partial charge in [-0.25, -0.2) is 12.8 Å². The van der Waals surface area contributed by atoms with Crippen molar-refractivity contribution in [3.63, 3.8) is 0 Å². The Balaban J connectivity index is 2.90. The minimum Gasteiger partial charge on any atom is -0.271 e. The van der Waals surface area contributed by atoms with Crippen molar-refractivity contribution in [2.75, 3.05) is 12.0 Å². The molecule has 1 aromatic carbocycles. The molecule has 0 aliphatic carbocycles. The van der Waals surface area contributed by atoms with E-state index >= 15 is 0 Å². The first-order valence-corrected chi connectivity index (χ1v) is 7.78. The number of rotatable bonds is 5. The second-order valence-electron chi connectivity index (χ2n) is 3.78. The van der Waals surface area contributed by atoms with Crippen molar-refractivity contribution in [3.05, 3.63) is 34.1 Å². The molecule has 7 heteroatoms. The Labute approximate surface area is 108 Å². The van der Waals surface area contributed by atoms with Gasteiger partial charge in [-0.05, 0) is 34.0 Å². The van der Waals surface area contributed by atoms with Crippen LogP contribution in [0.5, 0.6) is 0 Å². The molecular weight excluding hydrogens is 311 g/mol. The third kappa shape index (κ3) is 4.34. The van der Waals surface area contributed by atoms with Crippen LogP contribution in [0.1, 0.15) is 18.0 Å². The number of nitrogens with two attached hydrogens (primary N) is 1. The Morgan fingerprint density at radius 3 is 2.71 bits per heavy atom. The minimum atomic E-state index is -3.06. The van der Waals surface area contributed by atoms with Gasteiger partial charge in [0, 0.05) is 12.3 Å². The fourth-order valence-corrected chi connectivity index (χ4v) is 2.65. The van der Waals surface area contributed by atoms with Crippen molar-refractivity contribution in [3.8, 4) is 0 Å². The Morgan fingerprint density at radius 1 is 1.53 bits per heavy atom. The van der Waals surface area contributed by atoms with Crippen LogP contribution in [0.15, 0.2) is 22.7 Å². The van der Waals surface area contributed by atoms with Crippen LogP contribution in [0.25, 0.3) is 0 Å². The molecule has 0 saturated heterocycles. The lowest BCUT2D eigenvalue weighted by Crippen LogP contribution is -2.30. The van der Waals surface area contributed by atoms with Crippen LogP contribution < -0.4 is 11.3 Å². The highest BCUT2D eigenvalue weighted by Crippen LogP contribution is 2.27. The molecule has 3 N–H and O–H groups in total. The van der Waals surface area contributed by atoms with Crippen molar-refractivity contribution >= 4 is 25.8 Å². The first kappa shape index (κ1) is 14.6. The predicted molar refractivity (Wildman–Crippen MR) is 68.5 cm³/mol. The summed E-state index contributed by atoms with van der Waals surface area (Å²) in [6.45, 7) is 0. The Bertz CT molecular complexity index is 493. The van der Waals surface area contributed by atoms with E-state index in [9.17, 15) is 12.8 Å². The smallest absolute Gasteiger partial charge is 0.147 e. The number of sulfone groups is 1. The number of hydrogen-bond acceptors (Lipinski definition) is 4. The summed E-state index contributed by atoms with van der Waals surface area (Å²) in [5, 5.41) is 0. The van der Waals surface area contributed by atoms with E-state index in [2.05, 4.69) is 21.4 Å². The first-order chi connectivity index (χ1) is 7.85. The second-order valence-corrected chi connectivity index (χ2v) is 6.83. The first-order valence-electron chi connectivity index (χ1n) is 4.93. The number of hydrogen-bond donors (Lipinski definition) is 2. The van der Waals surface area contributed by atoms with Crippen molar-refractivity contribution in [2.24, 2.45) is 5.84 Å². The van der Waals surface area contributed by atoms with Gasteiger partial charge in [0.05, 0.1) is 10.2 Å². The molecule has 96 valence electrons. The zero-order chi connectivity index (χ0) is 13.1. The Kier molecular flexibility index (Phi) is 5.05. The van der Waals surface area contributed by atoms with Gasteiger partial charge >= 0.3 is 0 Å². The van der Waals surface area contributed by atoms with Gasteiger partial charge in [-0.1, -0.05) is 12.1 Å². The molecule has 0 radical (unpaired) electrons. The van der Waals surface area contributed by atoms with Gasteiger partial charge < -0.3 is 0 Å². The zero-order valence-electron chi connectivity index (χ0n) is 9.28. The lowest BCUT2D eigenvalue weighted by Gasteiger charge is -2.17. The van der Waals surface area contributed by atoms with E-state index in [1.165, 1.54) is 6.07 Å². The molecule has 0 aliphatic heterocycles. The van der Waals surface area contributed by atoms with Crippen LogP contribution in [0.3, 0.4) is 0 Å². The molecule has 1 unspecified atom stereocenters. The average molecular weight is 325 g/mol. The number of hydrazine groups is 1. The van der Waals surface area contributed by atoms with Crippen molar-refractivity contribution in [1.29, 1.82) is 0 Å². The van der Waals surface area contributed by atoms with Crippen LogP contribution in [-0.2, 0) is 9.84 Å². The van der Waals surface area contributed by atoms with Crippen molar-refractivity contribution < 1.29 is 12.8 Å². The van der Waals surface area contributed by atoms with E-state index in [4.69, 9.17) is 5.84 Å². The fourth-order valence-electron chi connectivity index (χ4n) is 1.45. The molecule has 4 nitrogen and oxygen atoms in total. The SMILES string of the molecule is CS(=O)(=O)CCC(NN)c1cccc(F)c1Br. The van der Waals surface area contributed by atoms with E-state index in [0.717, 1.165) is 6.26 Å². The highest BCUT2D eigenvalue weighted by atomic mass is 79.9. The van der Waals surface area contributed by atoms with Gasteiger partial charge in [-0.2, -0.15) is 0 Å². The maximum Gasteiger partial charge on any atom is 0.147 e. The molecule has 0 heterocycles. The fraction of sp³-hybridized carbons (Fsp3) is 0.400. The minimum absolute atomic E-state index is 0.00911. The third-order valence-corrected chi connectivity index (χ3v) is 4.15. The van der Waals surface area contributed by atoms with Gasteiger partial charge in [-0.15, -0.1) is 0 Å². The third-order valence-electron chi connectivity index (χ3n) is 2.34. The quantitative estimate of drug-likeness (QED) is 0.636. The molecule has 0 aliphatic rings. The maximum atomic E-state index is 13.3. The molecule has 1 atom stereocenters. The van der Waals surface area contributed by atoms with Crippen molar-refractivity contribution in [2.45, 2.75) is 12.5 Å². The van der Waals surface area contributed by atoms with E-state index in [-0.39, 0.29) is 12.2 Å². The summed E-state index contributed by atoms with van der Waals surface area (Å²) in [6, 6.07) is 4.16. The molecule has 0 saturated carbocycles. The van der Waals surface area contributed by atoms with Gasteiger partial charge in [0.2, 0.25) is 0 Å². The number of halogens is 2. The molecular formula is C10H14BrFN2O2S. The van der Waals surface area contributed by atoms with E-state index in [1.54, 1.807) is 12.1 Å². The van der Waals surface area contributed by atoms with Gasteiger partial charge in [-0.3, -0.25) is 11.3 Å². The van der Waals surface area contributed by atoms with Crippen molar-refractivity contribution in [1.82, 2.24) is 5.43 Å². The molecule has 1 aromatic rings. The monoisotopic (exact) mass is 324 g/mol. The summed E-state index contributed by atoms with van der Waals surface area (Å²) >= 11 is 3.12. The van der Waals surface area contributed by atoms with Gasteiger partial charge in [0.15, 0.2) is 0 Å². The topological polar surface area (TPSA) is 72.2 Å². The maximum absolute atomic E-state index is 13.3. The standard InChI is InChI=1S/C10H14BrFN2O2S/c1-17(15,16)6-5-9(14-13)7-3-2-4-8(12)10(7)11/h2-4,9,14H,5-6,13H2,1H3. The summed E-state index contributed by atoms with van der Waals surface area (Å²) in [4.78, 5) is 0. The zero-order valence-corrected chi connectivity index (χ0v) is 11.7. The number of nitrogens with one attached hydrogen (secondary N) is 1. The largest absolute Gasteiger partial charge is 0.271 e. The van der Waals surface area contributed by atoms with Crippen LogP contribution in [0.2, 0.25) is 0 Å². The van der Waals surface area contributed by atoms with Crippen LogP contribution in [-0.4, -0.2) is 20.4 Å². The van der Waals surface area contributed by atoms with Crippen LogP contribution >= 0.6 is 15.9 Å². The summed E-state index contributed by atoms with van der Waals surface area (Å²) in [7, 11) is -3.06. The highest BCUT2D eigenvalue weighted by molar-refractivity contribution is 9.10. The molecule has 0 bridgehead atoms. The second kappa shape index (κ2) is 5.90. The Morgan fingerprint density at radius 2 is 2.18 bits per heavy atom. The molecule has 17 heavy (non-hydrogen) atoms. The molecule has 0 amide bonds. The normalized spacial score (nSPS) is 13.6. The van der Waals surface area contributed by atoms with E-state index in [0.29, 0.717) is 10.0 Å². The lowest BCUT2D eigenvalue weighted by atomic mass is 10.1. The van der Waals surface area contributed by atoms with Crippen LogP contribution in [0, 0.1) is 5.82 Å². The van der Waals surface area contributed by atoms with E-state index in [1.807, 2.05) is 0 Å². The predicted octanol–water partition coefficient (Wildman–Crippen LogP) is 1.53. The lowest BCUT2D eigenvalue weighted by molar-refractivity contribution is 0.523. The summed E-state index contributed by atoms with van der Waals surface area (Å²) in [5.74, 6) is 4.96.